The van der Waals surface area contributed by atoms with Gasteiger partial charge in [0.15, 0.2) is 0 Å². The van der Waals surface area contributed by atoms with Crippen molar-refractivity contribution in [1.82, 2.24) is 0 Å². The third-order valence-corrected chi connectivity index (χ3v) is 5.84. The predicted molar refractivity (Wildman–Crippen MR) is 88.3 cm³/mol. The molecule has 2 saturated heterocycles. The highest BCUT2D eigenvalue weighted by Crippen LogP contribution is 2.43. The summed E-state index contributed by atoms with van der Waals surface area (Å²) in [4.78, 5) is 0. The molecule has 0 saturated carbocycles. The van der Waals surface area contributed by atoms with E-state index in [2.05, 4.69) is 31.9 Å². The Hall–Kier alpha value is 0.0600. The molecule has 5 heteroatoms. The van der Waals surface area contributed by atoms with Gasteiger partial charge < -0.3 is 14.6 Å². The van der Waals surface area contributed by atoms with Crippen LogP contribution in [0.15, 0.2) is 27.1 Å². The van der Waals surface area contributed by atoms with Gasteiger partial charge in [-0.15, -0.1) is 0 Å². The predicted octanol–water partition coefficient (Wildman–Crippen LogP) is 4.22. The second-order valence-electron chi connectivity index (χ2n) is 6.01. The third-order valence-electron chi connectivity index (χ3n) is 4.66. The largest absolute Gasteiger partial charge is 0.388 e. The number of benzene rings is 1. The van der Waals surface area contributed by atoms with Crippen LogP contribution in [-0.2, 0) is 9.47 Å². The van der Waals surface area contributed by atoms with E-state index in [-0.39, 0.29) is 11.5 Å². The van der Waals surface area contributed by atoms with E-state index >= 15 is 0 Å². The summed E-state index contributed by atoms with van der Waals surface area (Å²) in [6, 6.07) is 5.96. The highest BCUT2D eigenvalue weighted by molar-refractivity contribution is 9.11. The van der Waals surface area contributed by atoms with E-state index < -0.39 is 6.10 Å². The van der Waals surface area contributed by atoms with Crippen molar-refractivity contribution in [3.63, 3.8) is 0 Å². The number of hydrogen-bond donors (Lipinski definition) is 1. The molecule has 0 aromatic heterocycles. The van der Waals surface area contributed by atoms with Crippen LogP contribution in [0.3, 0.4) is 0 Å². The van der Waals surface area contributed by atoms with Crippen LogP contribution >= 0.6 is 31.9 Å². The molecule has 21 heavy (non-hydrogen) atoms. The van der Waals surface area contributed by atoms with E-state index in [9.17, 15) is 5.11 Å². The monoisotopic (exact) mass is 418 g/mol. The first kappa shape index (κ1) is 15.9. The smallest absolute Gasteiger partial charge is 0.0831 e. The molecule has 3 nitrogen and oxygen atoms in total. The van der Waals surface area contributed by atoms with E-state index in [0.29, 0.717) is 0 Å². The highest BCUT2D eigenvalue weighted by Gasteiger charge is 2.41. The minimum Gasteiger partial charge on any atom is -0.388 e. The van der Waals surface area contributed by atoms with Crippen molar-refractivity contribution in [2.24, 2.45) is 5.92 Å². The molecule has 2 atom stereocenters. The third kappa shape index (κ3) is 3.53. The van der Waals surface area contributed by atoms with Crippen molar-refractivity contribution in [3.05, 3.63) is 32.7 Å². The van der Waals surface area contributed by atoms with Crippen molar-refractivity contribution in [2.45, 2.75) is 37.4 Å². The fourth-order valence-corrected chi connectivity index (χ4v) is 4.70. The van der Waals surface area contributed by atoms with Crippen LogP contribution in [0.2, 0.25) is 0 Å². The Morgan fingerprint density at radius 1 is 1.19 bits per heavy atom. The lowest BCUT2D eigenvalue weighted by molar-refractivity contribution is -0.159. The Kier molecular flexibility index (Phi) is 5.06. The molecule has 1 aromatic rings. The zero-order valence-corrected chi connectivity index (χ0v) is 15.0. The fraction of sp³-hybridized carbons (Fsp3) is 0.625. The molecule has 2 fully saturated rings. The van der Waals surface area contributed by atoms with E-state index in [1.807, 2.05) is 18.2 Å². The lowest BCUT2D eigenvalue weighted by Gasteiger charge is -2.44. The maximum atomic E-state index is 10.8. The number of ether oxygens (including phenoxy) is 2. The quantitative estimate of drug-likeness (QED) is 0.779. The molecule has 116 valence electrons. The van der Waals surface area contributed by atoms with E-state index in [1.165, 1.54) is 0 Å². The minimum atomic E-state index is -0.448. The molecule has 2 heterocycles. The molecular weight excluding hydrogens is 400 g/mol. The molecule has 1 spiro atoms. The van der Waals surface area contributed by atoms with Crippen LogP contribution in [0.1, 0.15) is 37.4 Å². The van der Waals surface area contributed by atoms with Crippen LogP contribution in [-0.4, -0.2) is 30.5 Å². The molecule has 2 unspecified atom stereocenters. The molecule has 0 amide bonds. The zero-order chi connectivity index (χ0) is 14.9. The second-order valence-corrected chi connectivity index (χ2v) is 7.78. The van der Waals surface area contributed by atoms with Crippen LogP contribution in [0.5, 0.6) is 0 Å². The summed E-state index contributed by atoms with van der Waals surface area (Å²) >= 11 is 7.01. The summed E-state index contributed by atoms with van der Waals surface area (Å²) in [6.07, 6.45) is 3.26. The second kappa shape index (κ2) is 6.67. The van der Waals surface area contributed by atoms with Crippen LogP contribution in [0.25, 0.3) is 0 Å². The van der Waals surface area contributed by atoms with Crippen molar-refractivity contribution < 1.29 is 14.6 Å². The molecule has 1 N–H and O–H groups in total. The highest BCUT2D eigenvalue weighted by atomic mass is 79.9. The normalized spacial score (nSPS) is 26.7. The Morgan fingerprint density at radius 3 is 2.67 bits per heavy atom. The van der Waals surface area contributed by atoms with Crippen LogP contribution < -0.4 is 0 Å². The fourth-order valence-electron chi connectivity index (χ4n) is 3.42. The van der Waals surface area contributed by atoms with Gasteiger partial charge in [0.1, 0.15) is 0 Å². The Bertz CT molecular complexity index is 495. The average Bonchev–Trinajstić information content (AvgIpc) is 2.47. The molecule has 1 aromatic carbocycles. The van der Waals surface area contributed by atoms with Crippen molar-refractivity contribution in [3.8, 4) is 0 Å². The molecule has 0 radical (unpaired) electrons. The van der Waals surface area contributed by atoms with Gasteiger partial charge in [0.05, 0.1) is 11.7 Å². The van der Waals surface area contributed by atoms with Crippen molar-refractivity contribution in [2.75, 3.05) is 19.8 Å². The van der Waals surface area contributed by atoms with Gasteiger partial charge in [-0.25, -0.2) is 0 Å². The summed E-state index contributed by atoms with van der Waals surface area (Å²) in [6.45, 7) is 2.27. The van der Waals surface area contributed by atoms with E-state index in [4.69, 9.17) is 9.47 Å². The molecule has 2 aliphatic heterocycles. The van der Waals surface area contributed by atoms with E-state index in [0.717, 1.165) is 60.0 Å². The SMILES string of the molecule is OC(c1ccc(Br)cc1Br)C1CCOC2(CCOCC2)C1. The Balaban J connectivity index is 1.76. The summed E-state index contributed by atoms with van der Waals surface area (Å²) in [5, 5.41) is 10.8. The molecule has 2 aliphatic rings. The molecular formula is C16H20Br2O3. The van der Waals surface area contributed by atoms with Gasteiger partial charge in [0, 0.05) is 28.8 Å². The lowest BCUT2D eigenvalue weighted by Crippen LogP contribution is -2.45. The summed E-state index contributed by atoms with van der Waals surface area (Å²) < 4.78 is 13.5. The average molecular weight is 420 g/mol. The first-order valence-electron chi connectivity index (χ1n) is 7.44. The molecule has 0 aliphatic carbocycles. The summed E-state index contributed by atoms with van der Waals surface area (Å²) in [7, 11) is 0. The van der Waals surface area contributed by atoms with Gasteiger partial charge in [-0.3, -0.25) is 0 Å². The molecule has 0 bridgehead atoms. The zero-order valence-electron chi connectivity index (χ0n) is 11.9. The first-order valence-corrected chi connectivity index (χ1v) is 9.03. The maximum Gasteiger partial charge on any atom is 0.0831 e. The number of halogens is 2. The van der Waals surface area contributed by atoms with Crippen molar-refractivity contribution in [1.29, 1.82) is 0 Å². The molecule has 3 rings (SSSR count). The van der Waals surface area contributed by atoms with Gasteiger partial charge in [0.25, 0.3) is 0 Å². The summed E-state index contributed by atoms with van der Waals surface area (Å²) in [5.74, 6) is 0.245. The standard InChI is InChI=1S/C16H20Br2O3/c17-12-1-2-13(14(18)9-12)15(19)11-3-6-21-16(10-11)4-7-20-8-5-16/h1-2,9,11,15,19H,3-8,10H2. The van der Waals surface area contributed by atoms with Crippen LogP contribution in [0, 0.1) is 5.92 Å². The van der Waals surface area contributed by atoms with Gasteiger partial charge in [0.2, 0.25) is 0 Å². The number of hydrogen-bond acceptors (Lipinski definition) is 3. The maximum absolute atomic E-state index is 10.8. The van der Waals surface area contributed by atoms with Gasteiger partial charge in [-0.2, -0.15) is 0 Å². The Labute approximate surface area is 142 Å². The number of aliphatic hydroxyl groups excluding tert-OH is 1. The summed E-state index contributed by atoms with van der Waals surface area (Å²) in [5.41, 5.74) is 0.886. The lowest BCUT2D eigenvalue weighted by atomic mass is 9.77. The minimum absolute atomic E-state index is 0.0794. The number of rotatable bonds is 2. The van der Waals surface area contributed by atoms with E-state index in [1.54, 1.807) is 0 Å². The van der Waals surface area contributed by atoms with Gasteiger partial charge in [-0.05, 0) is 49.3 Å². The first-order chi connectivity index (χ1) is 10.1. The Morgan fingerprint density at radius 2 is 1.95 bits per heavy atom. The van der Waals surface area contributed by atoms with Crippen molar-refractivity contribution >= 4 is 31.9 Å². The van der Waals surface area contributed by atoms with Gasteiger partial charge in [-0.1, -0.05) is 37.9 Å². The topological polar surface area (TPSA) is 38.7 Å². The number of aliphatic hydroxyl groups is 1. The van der Waals surface area contributed by atoms with Gasteiger partial charge >= 0.3 is 0 Å². The van der Waals surface area contributed by atoms with Crippen LogP contribution in [0.4, 0.5) is 0 Å².